The molecule has 0 bridgehead atoms. The summed E-state index contributed by atoms with van der Waals surface area (Å²) in [5, 5.41) is 10.6. The Hall–Kier alpha value is -1.35. The van der Waals surface area contributed by atoms with E-state index in [1.807, 2.05) is 0 Å². The summed E-state index contributed by atoms with van der Waals surface area (Å²) in [6.07, 6.45) is 6.33. The van der Waals surface area contributed by atoms with Gasteiger partial charge in [-0.3, -0.25) is 4.79 Å². The molecule has 35 heavy (non-hydrogen) atoms. The maximum atomic E-state index is 13.1. The number of rotatable bonds is 11. The molecule has 2 aliphatic heterocycles. The molecule has 4 rings (SSSR count). The highest BCUT2D eigenvalue weighted by Crippen LogP contribution is 2.59. The average Bonchev–Trinajstić information content (AvgIpc) is 3.67. The molecule has 0 N–H and O–H groups in total. The van der Waals surface area contributed by atoms with Crippen LogP contribution in [-0.2, 0) is 36.6 Å². The molecule has 1 aliphatic carbocycles. The van der Waals surface area contributed by atoms with Gasteiger partial charge in [0.2, 0.25) is 0 Å². The van der Waals surface area contributed by atoms with E-state index in [2.05, 4.69) is 57.8 Å². The van der Waals surface area contributed by atoms with Gasteiger partial charge in [-0.15, -0.1) is 21.5 Å². The Morgan fingerprint density at radius 1 is 1.29 bits per heavy atom. The van der Waals surface area contributed by atoms with Crippen molar-refractivity contribution in [3.63, 3.8) is 0 Å². The fourth-order valence-electron chi connectivity index (χ4n) is 5.78. The fourth-order valence-corrected chi connectivity index (χ4v) is 6.66. The number of aryl methyl sites for hydroxylation is 1. The minimum absolute atomic E-state index is 0.0388. The van der Waals surface area contributed by atoms with Gasteiger partial charge in [0.05, 0.1) is 18.6 Å². The van der Waals surface area contributed by atoms with Crippen molar-refractivity contribution in [2.24, 2.45) is 17.8 Å². The van der Waals surface area contributed by atoms with Crippen LogP contribution in [0.2, 0.25) is 0 Å². The molecule has 0 radical (unpaired) electrons. The van der Waals surface area contributed by atoms with Crippen LogP contribution in [0.15, 0.2) is 11.6 Å². The summed E-state index contributed by atoms with van der Waals surface area (Å²) in [7, 11) is 1.72. The van der Waals surface area contributed by atoms with Crippen LogP contribution >= 0.6 is 11.3 Å². The van der Waals surface area contributed by atoms with Crippen molar-refractivity contribution in [3.8, 4) is 0 Å². The zero-order valence-electron chi connectivity index (χ0n) is 22.3. The molecule has 0 unspecified atom stereocenters. The van der Waals surface area contributed by atoms with Crippen LogP contribution in [0.4, 0.5) is 0 Å². The molecule has 1 saturated carbocycles. The number of ether oxygens (including phenoxy) is 4. The second-order valence-corrected chi connectivity index (χ2v) is 12.4. The summed E-state index contributed by atoms with van der Waals surface area (Å²) < 4.78 is 24.4. The van der Waals surface area contributed by atoms with Gasteiger partial charge in [-0.2, -0.15) is 0 Å². The molecule has 2 saturated heterocycles. The minimum Gasteiger partial charge on any atom is -0.460 e. The molecule has 3 fully saturated rings. The highest BCUT2D eigenvalue weighted by Gasteiger charge is 2.72. The Kier molecular flexibility index (Phi) is 8.06. The van der Waals surface area contributed by atoms with Crippen molar-refractivity contribution >= 4 is 17.3 Å². The summed E-state index contributed by atoms with van der Waals surface area (Å²) in [5.74, 6) is 0.380. The fraction of sp³-hybridized carbons (Fsp3) is 0.815. The lowest BCUT2D eigenvalue weighted by Crippen LogP contribution is -2.55. The van der Waals surface area contributed by atoms with E-state index in [0.717, 1.165) is 48.7 Å². The summed E-state index contributed by atoms with van der Waals surface area (Å²) in [5.41, 5.74) is 0.745. The number of aromatic nitrogens is 2. The molecule has 7 atom stereocenters. The monoisotopic (exact) mass is 506 g/mol. The molecule has 1 aromatic rings. The van der Waals surface area contributed by atoms with E-state index in [0.29, 0.717) is 12.3 Å². The van der Waals surface area contributed by atoms with Gasteiger partial charge in [-0.05, 0) is 58.3 Å². The van der Waals surface area contributed by atoms with Crippen LogP contribution in [-0.4, -0.2) is 59.4 Å². The first-order valence-corrected chi connectivity index (χ1v) is 13.9. The number of carbonyl (C=O) groups is 1. The molecule has 0 amide bonds. The summed E-state index contributed by atoms with van der Waals surface area (Å²) in [6, 6.07) is 0. The zero-order valence-corrected chi connectivity index (χ0v) is 23.2. The largest absolute Gasteiger partial charge is 0.460 e. The van der Waals surface area contributed by atoms with Gasteiger partial charge >= 0.3 is 5.97 Å². The molecule has 3 heterocycles. The summed E-state index contributed by atoms with van der Waals surface area (Å²) in [4.78, 5) is 13.1. The first kappa shape index (κ1) is 26.7. The van der Waals surface area contributed by atoms with E-state index in [1.165, 1.54) is 5.57 Å². The number of esters is 1. The van der Waals surface area contributed by atoms with Crippen molar-refractivity contribution in [1.29, 1.82) is 0 Å². The first-order chi connectivity index (χ1) is 16.6. The Morgan fingerprint density at radius 3 is 2.57 bits per heavy atom. The second-order valence-electron chi connectivity index (χ2n) is 11.3. The van der Waals surface area contributed by atoms with Crippen LogP contribution in [0.3, 0.4) is 0 Å². The first-order valence-electron chi connectivity index (χ1n) is 13.1. The lowest BCUT2D eigenvalue weighted by Gasteiger charge is -2.42. The summed E-state index contributed by atoms with van der Waals surface area (Å²) in [6.45, 7) is 13.5. The van der Waals surface area contributed by atoms with Gasteiger partial charge in [0, 0.05) is 20.0 Å². The van der Waals surface area contributed by atoms with Crippen LogP contribution in [0.1, 0.15) is 77.2 Å². The lowest BCUT2D eigenvalue weighted by molar-refractivity contribution is -0.173. The molecule has 1 aromatic heterocycles. The highest BCUT2D eigenvalue weighted by molar-refractivity contribution is 7.11. The SMILES string of the molecule is CCc1nnc(C[C@@H](CC(=O)O[C@@H]2CC[C@]3(CO3)[C@@H]([C@@]3(C)O[C@@H]3CC=C(C)C)[C@@H]2OC)C(C)C)s1. The number of methoxy groups -OCH3 is 1. The Balaban J connectivity index is 1.41. The Bertz CT molecular complexity index is 922. The van der Waals surface area contributed by atoms with Gasteiger partial charge in [-0.1, -0.05) is 32.4 Å². The van der Waals surface area contributed by atoms with E-state index in [-0.39, 0.29) is 47.3 Å². The number of epoxide rings is 2. The molecular weight excluding hydrogens is 464 g/mol. The smallest absolute Gasteiger partial charge is 0.306 e. The number of hydrogen-bond donors (Lipinski definition) is 0. The van der Waals surface area contributed by atoms with E-state index < -0.39 is 0 Å². The quantitative estimate of drug-likeness (QED) is 0.239. The third-order valence-electron chi connectivity index (χ3n) is 8.14. The van der Waals surface area contributed by atoms with Gasteiger partial charge in [0.15, 0.2) is 0 Å². The molecule has 196 valence electrons. The highest BCUT2D eigenvalue weighted by atomic mass is 32.1. The van der Waals surface area contributed by atoms with Gasteiger partial charge < -0.3 is 18.9 Å². The van der Waals surface area contributed by atoms with Crippen molar-refractivity contribution < 1.29 is 23.7 Å². The topological polar surface area (TPSA) is 86.4 Å². The third kappa shape index (κ3) is 5.81. The number of carbonyl (C=O) groups excluding carboxylic acids is 1. The zero-order chi connectivity index (χ0) is 25.4. The van der Waals surface area contributed by atoms with Gasteiger partial charge in [0.25, 0.3) is 0 Å². The number of nitrogens with zero attached hydrogens (tertiary/aromatic N) is 2. The number of allylic oxidation sites excluding steroid dienone is 1. The maximum absolute atomic E-state index is 13.1. The van der Waals surface area contributed by atoms with Crippen LogP contribution in [0, 0.1) is 17.8 Å². The van der Waals surface area contributed by atoms with E-state index >= 15 is 0 Å². The second kappa shape index (κ2) is 10.6. The van der Waals surface area contributed by atoms with Crippen molar-refractivity contribution in [3.05, 3.63) is 21.7 Å². The number of hydrogen-bond acceptors (Lipinski definition) is 8. The molecule has 0 aromatic carbocycles. The summed E-state index contributed by atoms with van der Waals surface area (Å²) >= 11 is 1.64. The molecule has 3 aliphatic rings. The average molecular weight is 507 g/mol. The molecular formula is C27H42N2O5S. The maximum Gasteiger partial charge on any atom is 0.306 e. The lowest BCUT2D eigenvalue weighted by atomic mass is 9.68. The predicted octanol–water partition coefficient (Wildman–Crippen LogP) is 4.92. The predicted molar refractivity (Wildman–Crippen MR) is 135 cm³/mol. The van der Waals surface area contributed by atoms with Crippen molar-refractivity contribution in [2.45, 2.75) is 110 Å². The van der Waals surface area contributed by atoms with Crippen molar-refractivity contribution in [1.82, 2.24) is 10.2 Å². The molecule has 1 spiro atoms. The van der Waals surface area contributed by atoms with Gasteiger partial charge in [-0.25, -0.2) is 0 Å². The van der Waals surface area contributed by atoms with Crippen LogP contribution < -0.4 is 0 Å². The molecule has 8 heteroatoms. The normalized spacial score (nSPS) is 34.6. The van der Waals surface area contributed by atoms with E-state index in [4.69, 9.17) is 18.9 Å². The van der Waals surface area contributed by atoms with Crippen LogP contribution in [0.25, 0.3) is 0 Å². The Labute approximate surface area is 214 Å². The standard InChI is InChI=1S/C27H42N2O5S/c1-8-21-28-29-22(35-21)13-18(17(4)5)14-23(30)33-19-11-12-27(15-32-27)25(24(19)31-7)26(6)20(34-26)10-9-16(2)3/h9,17-20,24-25H,8,10-15H2,1-7H3/t18-,19+,20+,24+,25+,26-,27-/m0/s1. The molecule has 7 nitrogen and oxygen atoms in total. The van der Waals surface area contributed by atoms with Crippen LogP contribution in [0.5, 0.6) is 0 Å². The minimum atomic E-state index is -0.330. The van der Waals surface area contributed by atoms with Crippen molar-refractivity contribution in [2.75, 3.05) is 13.7 Å². The van der Waals surface area contributed by atoms with E-state index in [1.54, 1.807) is 18.4 Å². The van der Waals surface area contributed by atoms with Gasteiger partial charge in [0.1, 0.15) is 33.4 Å². The third-order valence-corrected chi connectivity index (χ3v) is 9.23. The van der Waals surface area contributed by atoms with E-state index in [9.17, 15) is 4.79 Å². The Morgan fingerprint density at radius 2 is 2.00 bits per heavy atom.